The van der Waals surface area contributed by atoms with Gasteiger partial charge in [0.2, 0.25) is 5.89 Å². The monoisotopic (exact) mass is 222 g/mol. The van der Waals surface area contributed by atoms with Crippen molar-refractivity contribution in [1.82, 2.24) is 19.9 Å². The van der Waals surface area contributed by atoms with Crippen LogP contribution in [0.4, 0.5) is 0 Å². The first kappa shape index (κ1) is 10.3. The zero-order valence-corrected chi connectivity index (χ0v) is 8.66. The van der Waals surface area contributed by atoms with Gasteiger partial charge >= 0.3 is 5.97 Å². The van der Waals surface area contributed by atoms with Crippen LogP contribution in [0.1, 0.15) is 23.4 Å². The maximum Gasteiger partial charge on any atom is 0.379 e. The molecular formula is C9H10N4O3. The van der Waals surface area contributed by atoms with E-state index in [2.05, 4.69) is 15.2 Å². The van der Waals surface area contributed by atoms with Gasteiger partial charge in [0.05, 0.1) is 6.61 Å². The van der Waals surface area contributed by atoms with E-state index in [0.29, 0.717) is 12.4 Å². The molecule has 0 aromatic carbocycles. The lowest BCUT2D eigenvalue weighted by molar-refractivity contribution is 0.0508. The summed E-state index contributed by atoms with van der Waals surface area (Å²) in [4.78, 5) is 15.1. The first-order chi connectivity index (χ1) is 7.79. The fourth-order valence-electron chi connectivity index (χ4n) is 1.13. The molecule has 0 atom stereocenters. The Bertz CT molecular complexity index is 463. The van der Waals surface area contributed by atoms with Gasteiger partial charge in [-0.3, -0.25) is 4.68 Å². The van der Waals surface area contributed by atoms with Crippen LogP contribution in [0, 0.1) is 0 Å². The van der Waals surface area contributed by atoms with Crippen molar-refractivity contribution in [3.8, 4) is 0 Å². The topological polar surface area (TPSA) is 83.0 Å². The van der Waals surface area contributed by atoms with Crippen molar-refractivity contribution >= 4 is 5.97 Å². The maximum absolute atomic E-state index is 11.2. The number of nitrogens with zero attached hydrogens (tertiary/aromatic N) is 4. The lowest BCUT2D eigenvalue weighted by Gasteiger charge is -1.94. The highest BCUT2D eigenvalue weighted by Gasteiger charge is 2.15. The van der Waals surface area contributed by atoms with Crippen LogP contribution in [0.2, 0.25) is 0 Å². The van der Waals surface area contributed by atoms with Crippen LogP contribution >= 0.6 is 0 Å². The van der Waals surface area contributed by atoms with Crippen LogP contribution < -0.4 is 0 Å². The van der Waals surface area contributed by atoms with Gasteiger partial charge in [0.15, 0.2) is 0 Å². The third-order valence-corrected chi connectivity index (χ3v) is 1.78. The average Bonchev–Trinajstić information content (AvgIpc) is 2.90. The Balaban J connectivity index is 2.05. The Morgan fingerprint density at radius 3 is 3.19 bits per heavy atom. The van der Waals surface area contributed by atoms with Gasteiger partial charge in [0.1, 0.15) is 6.54 Å². The van der Waals surface area contributed by atoms with E-state index in [9.17, 15) is 4.79 Å². The summed E-state index contributed by atoms with van der Waals surface area (Å²) >= 11 is 0. The first-order valence-corrected chi connectivity index (χ1v) is 4.76. The quantitative estimate of drug-likeness (QED) is 0.700. The second-order valence-corrected chi connectivity index (χ2v) is 2.94. The van der Waals surface area contributed by atoms with Crippen molar-refractivity contribution in [2.24, 2.45) is 0 Å². The van der Waals surface area contributed by atoms with E-state index in [1.807, 2.05) is 0 Å². The lowest BCUT2D eigenvalue weighted by atomic mass is 10.6. The standard InChI is InChI=1S/C9H10N4O3/c1-2-15-9(14)8-11-7(16-12-8)6-13-5-3-4-10-13/h3-5H,2,6H2,1H3. The molecule has 0 aliphatic carbocycles. The summed E-state index contributed by atoms with van der Waals surface area (Å²) in [6.07, 6.45) is 3.40. The van der Waals surface area contributed by atoms with Crippen LogP contribution in [0.3, 0.4) is 0 Å². The van der Waals surface area contributed by atoms with E-state index in [1.165, 1.54) is 0 Å². The third kappa shape index (κ3) is 2.25. The van der Waals surface area contributed by atoms with Gasteiger partial charge in [-0.25, -0.2) is 4.79 Å². The molecule has 84 valence electrons. The molecule has 0 saturated carbocycles. The van der Waals surface area contributed by atoms with Crippen molar-refractivity contribution in [2.45, 2.75) is 13.5 Å². The Morgan fingerprint density at radius 1 is 1.62 bits per heavy atom. The highest BCUT2D eigenvalue weighted by molar-refractivity contribution is 5.84. The summed E-state index contributed by atoms with van der Waals surface area (Å²) in [5.74, 6) is -0.339. The molecule has 7 heteroatoms. The maximum atomic E-state index is 11.2. The van der Waals surface area contributed by atoms with E-state index in [1.54, 1.807) is 30.1 Å². The number of esters is 1. The summed E-state index contributed by atoms with van der Waals surface area (Å²) in [5.41, 5.74) is 0. The number of carbonyl (C=O) groups is 1. The van der Waals surface area contributed by atoms with E-state index in [4.69, 9.17) is 9.26 Å². The Hall–Kier alpha value is -2.18. The number of aromatic nitrogens is 4. The van der Waals surface area contributed by atoms with E-state index in [-0.39, 0.29) is 12.4 Å². The number of hydrogen-bond acceptors (Lipinski definition) is 6. The Morgan fingerprint density at radius 2 is 2.50 bits per heavy atom. The molecule has 0 aliphatic rings. The number of carbonyl (C=O) groups excluding carboxylic acids is 1. The predicted octanol–water partition coefficient (Wildman–Crippen LogP) is 0.491. The Kier molecular flexibility index (Phi) is 2.95. The van der Waals surface area contributed by atoms with Crippen molar-refractivity contribution < 1.29 is 14.1 Å². The predicted molar refractivity (Wildman–Crippen MR) is 51.6 cm³/mol. The molecule has 2 aromatic heterocycles. The fourth-order valence-corrected chi connectivity index (χ4v) is 1.13. The second-order valence-electron chi connectivity index (χ2n) is 2.94. The van der Waals surface area contributed by atoms with Crippen molar-refractivity contribution in [2.75, 3.05) is 6.61 Å². The van der Waals surface area contributed by atoms with Gasteiger partial charge in [-0.15, -0.1) is 0 Å². The van der Waals surface area contributed by atoms with Gasteiger partial charge in [-0.1, -0.05) is 0 Å². The smallest absolute Gasteiger partial charge is 0.379 e. The summed E-state index contributed by atoms with van der Waals surface area (Å²) in [6.45, 7) is 2.32. The van der Waals surface area contributed by atoms with Crippen molar-refractivity contribution in [1.29, 1.82) is 0 Å². The molecule has 0 radical (unpaired) electrons. The molecule has 0 aliphatic heterocycles. The molecule has 2 aromatic rings. The number of hydrogen-bond donors (Lipinski definition) is 0. The molecule has 2 heterocycles. The zero-order chi connectivity index (χ0) is 11.4. The summed E-state index contributed by atoms with van der Waals surface area (Å²) in [6, 6.07) is 1.78. The molecule has 0 spiro atoms. The normalized spacial score (nSPS) is 10.3. The van der Waals surface area contributed by atoms with E-state index < -0.39 is 5.97 Å². The van der Waals surface area contributed by atoms with Gasteiger partial charge < -0.3 is 9.26 Å². The minimum Gasteiger partial charge on any atom is -0.460 e. The van der Waals surface area contributed by atoms with Crippen molar-refractivity contribution in [3.05, 3.63) is 30.2 Å². The lowest BCUT2D eigenvalue weighted by Crippen LogP contribution is -2.07. The summed E-state index contributed by atoms with van der Waals surface area (Å²) in [7, 11) is 0. The van der Waals surface area contributed by atoms with Crippen LogP contribution in [-0.2, 0) is 11.3 Å². The molecule has 0 bridgehead atoms. The molecule has 16 heavy (non-hydrogen) atoms. The average molecular weight is 222 g/mol. The molecule has 0 unspecified atom stereocenters. The SMILES string of the molecule is CCOC(=O)c1noc(Cn2cccn2)n1. The van der Waals surface area contributed by atoms with Crippen molar-refractivity contribution in [3.63, 3.8) is 0 Å². The number of ether oxygens (including phenoxy) is 1. The molecule has 7 nitrogen and oxygen atoms in total. The Labute approximate surface area is 91.0 Å². The van der Waals surface area contributed by atoms with Crippen LogP contribution in [-0.4, -0.2) is 32.5 Å². The highest BCUT2D eigenvalue weighted by Crippen LogP contribution is 2.01. The molecular weight excluding hydrogens is 212 g/mol. The second kappa shape index (κ2) is 4.56. The molecule has 0 N–H and O–H groups in total. The molecule has 2 rings (SSSR count). The van der Waals surface area contributed by atoms with Crippen LogP contribution in [0.15, 0.2) is 23.0 Å². The molecule has 0 amide bonds. The van der Waals surface area contributed by atoms with Gasteiger partial charge in [0.25, 0.3) is 5.82 Å². The molecule has 0 saturated heterocycles. The third-order valence-electron chi connectivity index (χ3n) is 1.78. The van der Waals surface area contributed by atoms with E-state index in [0.717, 1.165) is 0 Å². The summed E-state index contributed by atoms with van der Waals surface area (Å²) < 4.78 is 11.2. The largest absolute Gasteiger partial charge is 0.460 e. The fraction of sp³-hybridized carbons (Fsp3) is 0.333. The first-order valence-electron chi connectivity index (χ1n) is 4.76. The van der Waals surface area contributed by atoms with Gasteiger partial charge in [0, 0.05) is 12.4 Å². The molecule has 0 fully saturated rings. The van der Waals surface area contributed by atoms with E-state index >= 15 is 0 Å². The minimum absolute atomic E-state index is 0.0657. The number of rotatable bonds is 4. The summed E-state index contributed by atoms with van der Waals surface area (Å²) in [5, 5.41) is 7.49. The van der Waals surface area contributed by atoms with Crippen LogP contribution in [0.5, 0.6) is 0 Å². The highest BCUT2D eigenvalue weighted by atomic mass is 16.5. The van der Waals surface area contributed by atoms with Crippen LogP contribution in [0.25, 0.3) is 0 Å². The van der Waals surface area contributed by atoms with Gasteiger partial charge in [-0.05, 0) is 18.1 Å². The van der Waals surface area contributed by atoms with Gasteiger partial charge in [-0.2, -0.15) is 10.1 Å². The zero-order valence-electron chi connectivity index (χ0n) is 8.66. The minimum atomic E-state index is -0.585.